The van der Waals surface area contributed by atoms with Crippen LogP contribution in [-0.4, -0.2) is 68.9 Å². The molecule has 2 saturated heterocycles. The Morgan fingerprint density at radius 1 is 0.789 bits per heavy atom. The second kappa shape index (κ2) is 12.7. The second-order valence-electron chi connectivity index (χ2n) is 14.6. The van der Waals surface area contributed by atoms with Gasteiger partial charge in [0.05, 0.1) is 5.84 Å². The van der Waals surface area contributed by atoms with E-state index in [0.29, 0.717) is 17.9 Å². The molecule has 2 heterocycles. The van der Waals surface area contributed by atoms with Gasteiger partial charge in [0.1, 0.15) is 5.82 Å². The molecule has 7 heteroatoms. The fourth-order valence-electron chi connectivity index (χ4n) is 7.14. The maximum Gasteiger partial charge on any atom is 0.206 e. The Bertz CT molecular complexity index is 807. The van der Waals surface area contributed by atoms with Gasteiger partial charge >= 0.3 is 0 Å². The summed E-state index contributed by atoms with van der Waals surface area (Å²) in [6.07, 6.45) is 8.62. The number of guanidine groups is 1. The molecule has 0 amide bonds. The number of amidine groups is 1. The molecule has 0 aromatic carbocycles. The maximum absolute atomic E-state index is 8.34. The molecular formula is C31H61N7. The zero-order chi connectivity index (χ0) is 28.9. The van der Waals surface area contributed by atoms with Crippen molar-refractivity contribution in [1.82, 2.24) is 25.8 Å². The van der Waals surface area contributed by atoms with Crippen molar-refractivity contribution in [3.63, 3.8) is 0 Å². The van der Waals surface area contributed by atoms with Gasteiger partial charge in [-0.1, -0.05) is 33.3 Å². The number of hydrogen-bond donors (Lipinski definition) is 4. The van der Waals surface area contributed by atoms with E-state index < -0.39 is 0 Å². The average Bonchev–Trinajstić information content (AvgIpc) is 2.69. The Morgan fingerprint density at radius 2 is 1.16 bits per heavy atom. The highest BCUT2D eigenvalue weighted by Crippen LogP contribution is 2.34. The molecule has 4 N–H and O–H groups in total. The molecule has 38 heavy (non-hydrogen) atoms. The van der Waals surface area contributed by atoms with E-state index in [1.807, 2.05) is 0 Å². The zero-order valence-corrected chi connectivity index (χ0v) is 26.8. The Balaban J connectivity index is 2.49. The normalized spacial score (nSPS) is 23.1. The number of piperidine rings is 2. The van der Waals surface area contributed by atoms with Crippen LogP contribution in [0.5, 0.6) is 0 Å². The number of nitrogens with zero attached hydrogens (tertiary/aromatic N) is 3. The van der Waals surface area contributed by atoms with Crippen molar-refractivity contribution in [2.24, 2.45) is 4.99 Å². The van der Waals surface area contributed by atoms with E-state index in [2.05, 4.69) is 102 Å². The Hall–Kier alpha value is -1.60. The summed E-state index contributed by atoms with van der Waals surface area (Å²) in [4.78, 5) is 10.2. The van der Waals surface area contributed by atoms with Gasteiger partial charge in [-0.3, -0.25) is 5.41 Å². The molecule has 0 aromatic heterocycles. The summed E-state index contributed by atoms with van der Waals surface area (Å²) < 4.78 is 0. The largest absolute Gasteiger partial charge is 0.354 e. The molecule has 0 radical (unpaired) electrons. The molecule has 0 saturated carbocycles. The smallest absolute Gasteiger partial charge is 0.206 e. The number of nitrogens with one attached hydrogen (secondary N) is 4. The van der Waals surface area contributed by atoms with Gasteiger partial charge in [-0.2, -0.15) is 4.99 Å². The lowest BCUT2D eigenvalue weighted by molar-refractivity contribution is 0.0840. The quantitative estimate of drug-likeness (QED) is 0.199. The van der Waals surface area contributed by atoms with Crippen LogP contribution in [-0.2, 0) is 0 Å². The lowest BCUT2D eigenvalue weighted by Crippen LogP contribution is -2.64. The molecular weight excluding hydrogens is 470 g/mol. The van der Waals surface area contributed by atoms with Crippen LogP contribution in [0.25, 0.3) is 0 Å². The van der Waals surface area contributed by atoms with Gasteiger partial charge in [-0.15, -0.1) is 0 Å². The molecule has 0 aliphatic carbocycles. The van der Waals surface area contributed by atoms with E-state index >= 15 is 0 Å². The first kappa shape index (κ1) is 32.6. The van der Waals surface area contributed by atoms with E-state index in [0.717, 1.165) is 76.2 Å². The topological polar surface area (TPSA) is 78.8 Å². The first-order valence-corrected chi connectivity index (χ1v) is 15.1. The van der Waals surface area contributed by atoms with Gasteiger partial charge in [0.2, 0.25) is 5.96 Å². The van der Waals surface area contributed by atoms with Gasteiger partial charge in [-0.05, 0) is 101 Å². The van der Waals surface area contributed by atoms with Crippen LogP contribution in [0.15, 0.2) is 17.4 Å². The fourth-order valence-corrected chi connectivity index (χ4v) is 7.14. The van der Waals surface area contributed by atoms with Gasteiger partial charge in [0, 0.05) is 47.3 Å². The third-order valence-electron chi connectivity index (χ3n) is 7.86. The van der Waals surface area contributed by atoms with Crippen molar-refractivity contribution in [2.75, 3.05) is 13.1 Å². The van der Waals surface area contributed by atoms with Crippen molar-refractivity contribution < 1.29 is 0 Å². The summed E-state index contributed by atoms with van der Waals surface area (Å²) in [5.41, 5.74) is 0.149. The summed E-state index contributed by atoms with van der Waals surface area (Å²) in [6.45, 7) is 31.2. The minimum atomic E-state index is 0.0259. The highest BCUT2D eigenvalue weighted by Gasteiger charge is 2.42. The molecule has 0 unspecified atom stereocenters. The van der Waals surface area contributed by atoms with Crippen LogP contribution in [0.4, 0.5) is 0 Å². The van der Waals surface area contributed by atoms with Crippen LogP contribution >= 0.6 is 0 Å². The highest BCUT2D eigenvalue weighted by atomic mass is 15.4. The molecule has 7 nitrogen and oxygen atoms in total. The fraction of sp³-hybridized carbons (Fsp3) is 0.871. The third kappa shape index (κ3) is 9.86. The Kier molecular flexibility index (Phi) is 10.9. The minimum absolute atomic E-state index is 0.0259. The summed E-state index contributed by atoms with van der Waals surface area (Å²) in [7, 11) is 0. The minimum Gasteiger partial charge on any atom is -0.354 e. The van der Waals surface area contributed by atoms with Gasteiger partial charge < -0.3 is 25.8 Å². The van der Waals surface area contributed by atoms with Crippen LogP contribution in [0, 0.1) is 5.41 Å². The first-order chi connectivity index (χ1) is 17.4. The zero-order valence-electron chi connectivity index (χ0n) is 26.8. The van der Waals surface area contributed by atoms with Crippen molar-refractivity contribution in [2.45, 2.75) is 162 Å². The molecule has 0 bridgehead atoms. The summed E-state index contributed by atoms with van der Waals surface area (Å²) in [5, 5.41) is 19.4. The molecule has 2 rings (SSSR count). The van der Waals surface area contributed by atoms with E-state index in [9.17, 15) is 0 Å². The van der Waals surface area contributed by atoms with Crippen LogP contribution < -0.4 is 16.0 Å². The number of hydrogen-bond acceptors (Lipinski definition) is 5. The summed E-state index contributed by atoms with van der Waals surface area (Å²) in [6, 6.07) is 0.694. The standard InChI is InChI=1S/C31H61N7/c1-13-15-17-37(25-19-28(5,6)35-29(7,8)20-25)24(4)34-27(33-23(3)32)38(18-16-14-2)26-21-30(9,10)36-31(11,12)22-26/h25-26,35-36H,4,13-22H2,1-3,5-12H3,(H2,32,33,34). The van der Waals surface area contributed by atoms with Crippen LogP contribution in [0.3, 0.4) is 0 Å². The predicted molar refractivity (Wildman–Crippen MR) is 165 cm³/mol. The SMILES string of the molecule is C=C(N=C(NC(C)=N)N(CCCC)C1CC(C)(C)NC(C)(C)C1)N(CCCC)C1CC(C)(C)NC(C)(C)C1. The van der Waals surface area contributed by atoms with Crippen molar-refractivity contribution in [3.8, 4) is 0 Å². The lowest BCUT2D eigenvalue weighted by atomic mass is 9.79. The number of aliphatic imine (C=N–C) groups is 1. The van der Waals surface area contributed by atoms with Crippen molar-refractivity contribution in [3.05, 3.63) is 12.4 Å². The predicted octanol–water partition coefficient (Wildman–Crippen LogP) is 6.22. The number of unbranched alkanes of at least 4 members (excludes halogenated alkanes) is 2. The summed E-state index contributed by atoms with van der Waals surface area (Å²) >= 11 is 0. The Morgan fingerprint density at radius 3 is 1.53 bits per heavy atom. The first-order valence-electron chi connectivity index (χ1n) is 15.1. The third-order valence-corrected chi connectivity index (χ3v) is 7.86. The monoisotopic (exact) mass is 531 g/mol. The van der Waals surface area contributed by atoms with E-state index in [1.165, 1.54) is 0 Å². The molecule has 2 aliphatic heterocycles. The lowest BCUT2D eigenvalue weighted by Gasteiger charge is -2.51. The number of rotatable bonds is 10. The molecule has 0 spiro atoms. The molecule has 0 atom stereocenters. The van der Waals surface area contributed by atoms with E-state index in [4.69, 9.17) is 10.4 Å². The van der Waals surface area contributed by atoms with E-state index in [1.54, 1.807) is 6.92 Å². The molecule has 2 aliphatic rings. The van der Waals surface area contributed by atoms with Gasteiger partial charge in [-0.25, -0.2) is 0 Å². The second-order valence-corrected chi connectivity index (χ2v) is 14.6. The van der Waals surface area contributed by atoms with Crippen LogP contribution in [0.1, 0.15) is 128 Å². The van der Waals surface area contributed by atoms with Crippen LogP contribution in [0.2, 0.25) is 0 Å². The van der Waals surface area contributed by atoms with Gasteiger partial charge in [0.15, 0.2) is 0 Å². The maximum atomic E-state index is 8.34. The summed E-state index contributed by atoms with van der Waals surface area (Å²) in [5.74, 6) is 2.01. The molecule has 220 valence electrons. The molecule has 2 fully saturated rings. The average molecular weight is 532 g/mol. The Labute approximate surface area is 235 Å². The molecule has 0 aromatic rings. The van der Waals surface area contributed by atoms with E-state index in [-0.39, 0.29) is 22.2 Å². The van der Waals surface area contributed by atoms with Gasteiger partial charge in [0.25, 0.3) is 0 Å². The van der Waals surface area contributed by atoms with Crippen molar-refractivity contribution >= 4 is 11.8 Å². The van der Waals surface area contributed by atoms with Crippen molar-refractivity contribution in [1.29, 1.82) is 5.41 Å². The highest BCUT2D eigenvalue weighted by molar-refractivity contribution is 5.97.